The molecular formula is C13H20ClN3O4. The second kappa shape index (κ2) is 7.16. The summed E-state index contributed by atoms with van der Waals surface area (Å²) in [7, 11) is 3.29. The minimum atomic E-state index is 0. The van der Waals surface area contributed by atoms with Crippen molar-refractivity contribution in [2.45, 2.75) is 13.0 Å². The molecule has 1 aliphatic rings. The van der Waals surface area contributed by atoms with Crippen molar-refractivity contribution in [1.29, 1.82) is 0 Å². The van der Waals surface area contributed by atoms with Crippen LogP contribution in [-0.2, 0) is 13.0 Å². The van der Waals surface area contributed by atoms with E-state index in [-0.39, 0.29) is 23.4 Å². The maximum absolute atomic E-state index is 5.75. The van der Waals surface area contributed by atoms with Crippen LogP contribution in [0.3, 0.4) is 0 Å². The lowest BCUT2D eigenvalue weighted by Gasteiger charge is -2.20. The number of nitrogens with two attached hydrogens (primary N) is 1. The molecule has 0 aliphatic carbocycles. The molecule has 0 unspecified atom stereocenters. The molecule has 0 fully saturated rings. The average Bonchev–Trinajstić information content (AvgIpc) is 2.77. The molecule has 8 heteroatoms. The van der Waals surface area contributed by atoms with Crippen LogP contribution in [0.15, 0.2) is 18.2 Å². The van der Waals surface area contributed by atoms with E-state index in [9.17, 15) is 0 Å². The third kappa shape index (κ3) is 3.05. The first-order valence-electron chi connectivity index (χ1n) is 5.81. The van der Waals surface area contributed by atoms with E-state index in [0.717, 1.165) is 35.7 Å². The highest BCUT2D eigenvalue weighted by molar-refractivity contribution is 5.85. The fraction of sp³-hybridized carbons (Fsp3) is 0.308. The monoisotopic (exact) mass is 317 g/mol. The van der Waals surface area contributed by atoms with Gasteiger partial charge in [-0.1, -0.05) is 0 Å². The van der Waals surface area contributed by atoms with E-state index < -0.39 is 0 Å². The van der Waals surface area contributed by atoms with E-state index in [1.807, 2.05) is 22.9 Å². The highest BCUT2D eigenvalue weighted by Gasteiger charge is 2.20. The summed E-state index contributed by atoms with van der Waals surface area (Å²) in [6, 6.07) is 5.91. The van der Waals surface area contributed by atoms with Crippen molar-refractivity contribution in [3.8, 4) is 22.8 Å². The Hall–Kier alpha value is -1.96. The van der Waals surface area contributed by atoms with Gasteiger partial charge in [-0.05, 0) is 24.1 Å². The number of aryl methyl sites for hydroxylation is 2. The highest BCUT2D eigenvalue weighted by Crippen LogP contribution is 2.38. The molecule has 6 N–H and O–H groups in total. The number of nitrogen functional groups attached to an aromatic ring is 1. The lowest BCUT2D eigenvalue weighted by atomic mass is 9.98. The van der Waals surface area contributed by atoms with Gasteiger partial charge in [-0.3, -0.25) is 4.68 Å². The zero-order chi connectivity index (χ0) is 12.7. The van der Waals surface area contributed by atoms with Gasteiger partial charge in [0.25, 0.3) is 0 Å². The highest BCUT2D eigenvalue weighted by atomic mass is 35.5. The number of hydrogen-bond donors (Lipinski definition) is 1. The van der Waals surface area contributed by atoms with E-state index in [1.54, 1.807) is 14.2 Å². The molecule has 7 nitrogen and oxygen atoms in total. The van der Waals surface area contributed by atoms with Gasteiger partial charge in [0.2, 0.25) is 0 Å². The van der Waals surface area contributed by atoms with Crippen molar-refractivity contribution < 1.29 is 20.4 Å². The molecule has 1 aromatic carbocycles. The first-order chi connectivity index (χ1) is 8.72. The summed E-state index contributed by atoms with van der Waals surface area (Å²) in [6.07, 6.45) is 0.920. The van der Waals surface area contributed by atoms with Gasteiger partial charge >= 0.3 is 0 Å². The van der Waals surface area contributed by atoms with Gasteiger partial charge in [0.15, 0.2) is 11.5 Å². The topological polar surface area (TPSA) is 125 Å². The van der Waals surface area contributed by atoms with Crippen molar-refractivity contribution in [3.63, 3.8) is 0 Å². The second-order valence-electron chi connectivity index (χ2n) is 4.29. The molecule has 0 bridgehead atoms. The Morgan fingerprint density at radius 3 is 2.33 bits per heavy atom. The Morgan fingerprint density at radius 2 is 1.71 bits per heavy atom. The molecule has 21 heavy (non-hydrogen) atoms. The minimum Gasteiger partial charge on any atom is -0.493 e. The fourth-order valence-corrected chi connectivity index (χ4v) is 2.42. The summed E-state index contributed by atoms with van der Waals surface area (Å²) in [5.74, 6) is 2.04. The van der Waals surface area contributed by atoms with Gasteiger partial charge in [-0.15, -0.1) is 12.4 Å². The Balaban J connectivity index is 0.00000133. The zero-order valence-electron chi connectivity index (χ0n) is 11.8. The van der Waals surface area contributed by atoms with E-state index in [4.69, 9.17) is 15.2 Å². The summed E-state index contributed by atoms with van der Waals surface area (Å²) in [5.41, 5.74) is 9.14. The molecule has 0 saturated carbocycles. The number of fused-ring (bicyclic) bond motifs is 3. The van der Waals surface area contributed by atoms with Crippen LogP contribution in [0, 0.1) is 0 Å². The van der Waals surface area contributed by atoms with Gasteiger partial charge in [0, 0.05) is 18.2 Å². The van der Waals surface area contributed by atoms with Gasteiger partial charge < -0.3 is 26.2 Å². The van der Waals surface area contributed by atoms with Crippen LogP contribution in [0.5, 0.6) is 11.5 Å². The number of aromatic nitrogens is 2. The standard InChI is InChI=1S/C13H15N3O2.ClH.2H2O/c1-17-11-5-8-3-4-16-10(7-13(14)15-16)9(8)6-12(11)18-2;;;/h5-7H,3-4H2,1-2H3,(H2,14,15);1H;2*1H2. The molecule has 1 aromatic heterocycles. The maximum Gasteiger partial charge on any atom is 0.161 e. The summed E-state index contributed by atoms with van der Waals surface area (Å²) in [5, 5.41) is 4.27. The first kappa shape index (κ1) is 19.0. The van der Waals surface area contributed by atoms with E-state index in [1.165, 1.54) is 5.56 Å². The molecule has 118 valence electrons. The first-order valence-corrected chi connectivity index (χ1v) is 5.81. The van der Waals surface area contributed by atoms with Crippen LogP contribution in [0.25, 0.3) is 11.3 Å². The Labute approximate surface area is 128 Å². The van der Waals surface area contributed by atoms with Gasteiger partial charge in [0.1, 0.15) is 5.82 Å². The second-order valence-corrected chi connectivity index (χ2v) is 4.29. The Bertz CT molecular complexity index is 616. The largest absolute Gasteiger partial charge is 0.493 e. The predicted molar refractivity (Wildman–Crippen MR) is 83.4 cm³/mol. The zero-order valence-corrected chi connectivity index (χ0v) is 12.7. The van der Waals surface area contributed by atoms with Gasteiger partial charge in [-0.25, -0.2) is 0 Å². The number of nitrogens with zero attached hydrogens (tertiary/aromatic N) is 2. The molecular weight excluding hydrogens is 298 g/mol. The summed E-state index contributed by atoms with van der Waals surface area (Å²) in [4.78, 5) is 0. The van der Waals surface area contributed by atoms with E-state index >= 15 is 0 Å². The van der Waals surface area contributed by atoms with Gasteiger partial charge in [-0.2, -0.15) is 5.10 Å². The van der Waals surface area contributed by atoms with Crippen LogP contribution < -0.4 is 15.2 Å². The summed E-state index contributed by atoms with van der Waals surface area (Å²) >= 11 is 0. The fourth-order valence-electron chi connectivity index (χ4n) is 2.42. The number of halogens is 1. The molecule has 0 atom stereocenters. The molecule has 2 heterocycles. The third-order valence-electron chi connectivity index (χ3n) is 3.28. The summed E-state index contributed by atoms with van der Waals surface area (Å²) in [6.45, 7) is 0.842. The molecule has 0 amide bonds. The lowest BCUT2D eigenvalue weighted by molar-refractivity contribution is 0.354. The van der Waals surface area contributed by atoms with Gasteiger partial charge in [0.05, 0.1) is 19.9 Å². The number of ether oxygens (including phenoxy) is 2. The predicted octanol–water partition coefficient (Wildman–Crippen LogP) is 0.478. The van der Waals surface area contributed by atoms with Crippen LogP contribution >= 0.6 is 12.4 Å². The third-order valence-corrected chi connectivity index (χ3v) is 3.28. The molecule has 0 spiro atoms. The number of hydrogen-bond acceptors (Lipinski definition) is 4. The van der Waals surface area contributed by atoms with Crippen LogP contribution in [0.1, 0.15) is 5.56 Å². The quantitative estimate of drug-likeness (QED) is 0.864. The average molecular weight is 318 g/mol. The molecule has 3 rings (SSSR count). The van der Waals surface area contributed by atoms with Crippen molar-refractivity contribution in [1.82, 2.24) is 9.78 Å². The number of benzene rings is 1. The smallest absolute Gasteiger partial charge is 0.161 e. The number of methoxy groups -OCH3 is 2. The Morgan fingerprint density at radius 1 is 1.10 bits per heavy atom. The van der Waals surface area contributed by atoms with Crippen molar-refractivity contribution in [2.75, 3.05) is 20.0 Å². The van der Waals surface area contributed by atoms with E-state index in [2.05, 4.69) is 5.10 Å². The maximum atomic E-state index is 5.75. The lowest BCUT2D eigenvalue weighted by Crippen LogP contribution is -2.12. The number of anilines is 1. The molecule has 0 saturated heterocycles. The van der Waals surface area contributed by atoms with Crippen molar-refractivity contribution in [2.24, 2.45) is 0 Å². The molecule has 0 radical (unpaired) electrons. The molecule has 1 aliphatic heterocycles. The van der Waals surface area contributed by atoms with Crippen LogP contribution in [0.4, 0.5) is 5.82 Å². The van der Waals surface area contributed by atoms with Crippen molar-refractivity contribution in [3.05, 3.63) is 23.8 Å². The normalized spacial score (nSPS) is 11.0. The molecule has 2 aromatic rings. The van der Waals surface area contributed by atoms with Crippen molar-refractivity contribution >= 4 is 18.2 Å². The van der Waals surface area contributed by atoms with E-state index in [0.29, 0.717) is 5.82 Å². The number of rotatable bonds is 2. The van der Waals surface area contributed by atoms with Crippen LogP contribution in [0.2, 0.25) is 0 Å². The summed E-state index contributed by atoms with van der Waals surface area (Å²) < 4.78 is 12.6. The minimum absolute atomic E-state index is 0. The Kier molecular flexibility index (Phi) is 6.50. The SMILES string of the molecule is COc1cc2c(cc1OC)-c1cc(N)nn1CC2.Cl.O.O. The van der Waals surface area contributed by atoms with Crippen LogP contribution in [-0.4, -0.2) is 35.0 Å².